The van der Waals surface area contributed by atoms with E-state index in [0.717, 1.165) is 4.68 Å². The van der Waals surface area contributed by atoms with E-state index in [9.17, 15) is 24.3 Å². The first-order valence-electron chi connectivity index (χ1n) is 9.27. The molecule has 1 amide bonds. The molecule has 31 heavy (non-hydrogen) atoms. The van der Waals surface area contributed by atoms with Gasteiger partial charge in [0.05, 0.1) is 12.1 Å². The summed E-state index contributed by atoms with van der Waals surface area (Å²) in [6, 6.07) is 15.8. The molecule has 0 saturated carbocycles. The molecule has 158 valence electrons. The lowest BCUT2D eigenvalue weighted by atomic mass is 9.95. The van der Waals surface area contributed by atoms with Crippen molar-refractivity contribution in [2.45, 2.75) is 12.5 Å². The number of carbonyl (C=O) groups excluding carboxylic acids is 1. The van der Waals surface area contributed by atoms with Crippen molar-refractivity contribution in [3.8, 4) is 22.4 Å². The van der Waals surface area contributed by atoms with Crippen molar-refractivity contribution in [2.24, 2.45) is 7.05 Å². The molecule has 0 aliphatic carbocycles. The summed E-state index contributed by atoms with van der Waals surface area (Å²) in [4.78, 5) is 48.4. The number of aliphatic carboxylic acids is 2. The Morgan fingerprint density at radius 1 is 0.968 bits per heavy atom. The minimum atomic E-state index is -1.70. The molecule has 0 bridgehead atoms. The quantitative estimate of drug-likeness (QED) is 0.528. The molecule has 3 rings (SSSR count). The lowest BCUT2D eigenvalue weighted by molar-refractivity contribution is -0.145. The van der Waals surface area contributed by atoms with Gasteiger partial charge in [0.25, 0.3) is 11.5 Å². The first-order valence-corrected chi connectivity index (χ1v) is 9.27. The van der Waals surface area contributed by atoms with Gasteiger partial charge in [-0.2, -0.15) is 5.10 Å². The van der Waals surface area contributed by atoms with E-state index in [4.69, 9.17) is 5.11 Å². The Kier molecular flexibility index (Phi) is 6.25. The third-order valence-corrected chi connectivity index (χ3v) is 4.56. The molecule has 0 saturated heterocycles. The molecule has 1 unspecified atom stereocenters. The Bertz CT molecular complexity index is 1190. The summed E-state index contributed by atoms with van der Waals surface area (Å²) in [6.45, 7) is 0. The van der Waals surface area contributed by atoms with Crippen LogP contribution in [0.4, 0.5) is 0 Å². The highest BCUT2D eigenvalue weighted by molar-refractivity contribution is 6.05. The van der Waals surface area contributed by atoms with E-state index in [1.807, 2.05) is 6.07 Å². The topological polar surface area (TPSA) is 139 Å². The second-order valence-corrected chi connectivity index (χ2v) is 6.72. The van der Waals surface area contributed by atoms with Gasteiger partial charge in [0, 0.05) is 18.2 Å². The first-order chi connectivity index (χ1) is 14.8. The van der Waals surface area contributed by atoms with Crippen LogP contribution in [0.2, 0.25) is 0 Å². The molecule has 3 N–H and O–H groups in total. The van der Waals surface area contributed by atoms with Crippen LogP contribution in [0, 0.1) is 0 Å². The molecule has 1 atom stereocenters. The molecule has 1 heterocycles. The monoisotopic (exact) mass is 421 g/mol. The van der Waals surface area contributed by atoms with E-state index in [-0.39, 0.29) is 11.1 Å². The third kappa shape index (κ3) is 4.67. The number of carbonyl (C=O) groups is 3. The van der Waals surface area contributed by atoms with Crippen LogP contribution < -0.4 is 10.9 Å². The fourth-order valence-electron chi connectivity index (χ4n) is 3.13. The molecule has 0 fully saturated rings. The van der Waals surface area contributed by atoms with E-state index < -0.39 is 35.9 Å². The highest BCUT2D eigenvalue weighted by atomic mass is 16.4. The van der Waals surface area contributed by atoms with Crippen LogP contribution in [0.5, 0.6) is 0 Å². The van der Waals surface area contributed by atoms with E-state index in [2.05, 4.69) is 10.4 Å². The highest BCUT2D eigenvalue weighted by Crippen LogP contribution is 2.31. The number of hydrogen-bond donors (Lipinski definition) is 3. The number of carboxylic acid groups (broad SMARTS) is 2. The fraction of sp³-hybridized carbons (Fsp3) is 0.136. The standard InChI is InChI=1S/C22H19N3O6/c1-25-21(29)18(20(28)23-15(22(30)31)12-16(26)27)17(13-8-4-2-5-9-13)19(24-25)14-10-6-3-7-11-14/h2-11,15H,12H2,1H3,(H,23,28)(H,26,27)(H,30,31). The number of hydrogen-bond acceptors (Lipinski definition) is 5. The molecule has 9 nitrogen and oxygen atoms in total. The second kappa shape index (κ2) is 9.04. The SMILES string of the molecule is Cn1nc(-c2ccccc2)c(-c2ccccc2)c(C(=O)NC(CC(=O)O)C(=O)O)c1=O. The van der Waals surface area contributed by atoms with E-state index in [0.29, 0.717) is 16.8 Å². The van der Waals surface area contributed by atoms with Crippen molar-refractivity contribution in [3.63, 3.8) is 0 Å². The molecular formula is C22H19N3O6. The lowest BCUT2D eigenvalue weighted by Crippen LogP contribution is -2.44. The number of benzene rings is 2. The molecule has 0 aliphatic heterocycles. The Labute approximate surface area is 176 Å². The van der Waals surface area contributed by atoms with Crippen molar-refractivity contribution in [2.75, 3.05) is 0 Å². The Hall–Kier alpha value is -4.27. The van der Waals surface area contributed by atoms with Crippen LogP contribution in [0.1, 0.15) is 16.8 Å². The summed E-state index contributed by atoms with van der Waals surface area (Å²) in [6.07, 6.45) is -0.835. The molecule has 2 aromatic carbocycles. The predicted octanol–water partition coefficient (Wildman–Crippen LogP) is 1.77. The van der Waals surface area contributed by atoms with Gasteiger partial charge in [0.2, 0.25) is 0 Å². The van der Waals surface area contributed by atoms with Crippen molar-refractivity contribution in [1.29, 1.82) is 0 Å². The fourth-order valence-corrected chi connectivity index (χ4v) is 3.13. The normalized spacial score (nSPS) is 11.5. The van der Waals surface area contributed by atoms with Crippen LogP contribution in [-0.2, 0) is 16.6 Å². The number of carboxylic acids is 2. The number of aromatic nitrogens is 2. The maximum Gasteiger partial charge on any atom is 0.326 e. The summed E-state index contributed by atoms with van der Waals surface area (Å²) in [7, 11) is 1.38. The average Bonchev–Trinajstić information content (AvgIpc) is 2.75. The molecule has 0 spiro atoms. The van der Waals surface area contributed by atoms with Crippen LogP contribution in [0.15, 0.2) is 65.5 Å². The number of rotatable bonds is 7. The summed E-state index contributed by atoms with van der Waals surface area (Å²) in [5.74, 6) is -3.91. The Morgan fingerprint density at radius 2 is 1.52 bits per heavy atom. The number of nitrogens with zero attached hydrogens (tertiary/aromatic N) is 2. The van der Waals surface area contributed by atoms with Crippen molar-refractivity contribution >= 4 is 17.8 Å². The van der Waals surface area contributed by atoms with Gasteiger partial charge in [-0.3, -0.25) is 14.4 Å². The zero-order chi connectivity index (χ0) is 22.5. The van der Waals surface area contributed by atoms with Gasteiger partial charge in [-0.15, -0.1) is 0 Å². The highest BCUT2D eigenvalue weighted by Gasteiger charge is 2.29. The summed E-state index contributed by atoms with van der Waals surface area (Å²) < 4.78 is 0.997. The van der Waals surface area contributed by atoms with Gasteiger partial charge in [-0.25, -0.2) is 9.48 Å². The van der Waals surface area contributed by atoms with Crippen molar-refractivity contribution < 1.29 is 24.6 Å². The summed E-state index contributed by atoms with van der Waals surface area (Å²) in [5.41, 5.74) is 0.693. The van der Waals surface area contributed by atoms with Gasteiger partial charge < -0.3 is 15.5 Å². The molecule has 9 heteroatoms. The Balaban J connectivity index is 2.25. The van der Waals surface area contributed by atoms with Gasteiger partial charge in [-0.1, -0.05) is 60.7 Å². The van der Waals surface area contributed by atoms with Gasteiger partial charge in [-0.05, 0) is 5.56 Å². The molecule has 1 aromatic heterocycles. The smallest absolute Gasteiger partial charge is 0.326 e. The maximum atomic E-state index is 13.1. The predicted molar refractivity (Wildman–Crippen MR) is 111 cm³/mol. The number of amides is 1. The number of nitrogens with one attached hydrogen (secondary N) is 1. The van der Waals surface area contributed by atoms with Crippen LogP contribution in [0.3, 0.4) is 0 Å². The minimum Gasteiger partial charge on any atom is -0.481 e. The van der Waals surface area contributed by atoms with Crippen LogP contribution in [0.25, 0.3) is 22.4 Å². The summed E-state index contributed by atoms with van der Waals surface area (Å²) >= 11 is 0. The molecule has 0 aliphatic rings. The van der Waals surface area contributed by atoms with Crippen LogP contribution >= 0.6 is 0 Å². The minimum absolute atomic E-state index is 0.229. The van der Waals surface area contributed by atoms with Crippen LogP contribution in [-0.4, -0.2) is 43.9 Å². The van der Waals surface area contributed by atoms with Crippen molar-refractivity contribution in [1.82, 2.24) is 15.1 Å². The zero-order valence-electron chi connectivity index (χ0n) is 16.5. The molecule has 0 radical (unpaired) electrons. The Morgan fingerprint density at radius 3 is 2.03 bits per heavy atom. The van der Waals surface area contributed by atoms with E-state index >= 15 is 0 Å². The van der Waals surface area contributed by atoms with Gasteiger partial charge in [0.15, 0.2) is 0 Å². The van der Waals surface area contributed by atoms with E-state index in [1.165, 1.54) is 7.05 Å². The first kappa shape index (κ1) is 21.4. The van der Waals surface area contributed by atoms with E-state index in [1.54, 1.807) is 54.6 Å². The lowest BCUT2D eigenvalue weighted by Gasteiger charge is -2.17. The third-order valence-electron chi connectivity index (χ3n) is 4.56. The number of aryl methyl sites for hydroxylation is 1. The van der Waals surface area contributed by atoms with Gasteiger partial charge >= 0.3 is 11.9 Å². The van der Waals surface area contributed by atoms with Gasteiger partial charge in [0.1, 0.15) is 11.6 Å². The maximum absolute atomic E-state index is 13.1. The zero-order valence-corrected chi connectivity index (χ0v) is 16.5. The molecular weight excluding hydrogens is 402 g/mol. The summed E-state index contributed by atoms with van der Waals surface area (Å²) in [5, 5.41) is 24.7. The second-order valence-electron chi connectivity index (χ2n) is 6.72. The average molecular weight is 421 g/mol. The largest absolute Gasteiger partial charge is 0.481 e. The van der Waals surface area contributed by atoms with Crippen molar-refractivity contribution in [3.05, 3.63) is 76.6 Å². The molecule has 3 aromatic rings.